The van der Waals surface area contributed by atoms with Gasteiger partial charge in [0.2, 0.25) is 11.5 Å². The van der Waals surface area contributed by atoms with Crippen LogP contribution in [0, 0.1) is 0 Å². The standard InChI is InChI=1S/C27H32N2O6/c1-7-16-9-11-19-18(15-16)23(30)21-22(17-10-12-20(32-4)25(34-6)24(17)33-5)29(14-8-13-28(2)3)27(31)26(21)35-19/h9-12,15,22H,7-8,13-14H2,1-6H3. The Morgan fingerprint density at radius 1 is 1.00 bits per heavy atom. The molecule has 0 aliphatic carbocycles. The highest BCUT2D eigenvalue weighted by molar-refractivity contribution is 5.99. The van der Waals surface area contributed by atoms with Crippen molar-refractivity contribution < 1.29 is 23.4 Å². The van der Waals surface area contributed by atoms with Gasteiger partial charge >= 0.3 is 0 Å². The molecule has 4 rings (SSSR count). The lowest BCUT2D eigenvalue weighted by Crippen LogP contribution is -2.32. The minimum Gasteiger partial charge on any atom is -0.493 e. The number of ether oxygens (including phenoxy) is 3. The molecule has 0 radical (unpaired) electrons. The maximum absolute atomic E-state index is 13.9. The largest absolute Gasteiger partial charge is 0.493 e. The van der Waals surface area contributed by atoms with Crippen LogP contribution in [0.4, 0.5) is 0 Å². The van der Waals surface area contributed by atoms with Crippen molar-refractivity contribution in [1.82, 2.24) is 9.80 Å². The average Bonchev–Trinajstić information content (AvgIpc) is 3.14. The number of fused-ring (bicyclic) bond motifs is 2. The molecular formula is C27H32N2O6. The number of hydrogen-bond acceptors (Lipinski definition) is 7. The molecule has 1 aromatic heterocycles. The second kappa shape index (κ2) is 10.00. The summed E-state index contributed by atoms with van der Waals surface area (Å²) in [6.07, 6.45) is 1.52. The van der Waals surface area contributed by atoms with E-state index in [1.165, 1.54) is 14.2 Å². The quantitative estimate of drug-likeness (QED) is 0.460. The van der Waals surface area contributed by atoms with Gasteiger partial charge in [0.05, 0.1) is 38.3 Å². The summed E-state index contributed by atoms with van der Waals surface area (Å²) in [7, 11) is 8.58. The number of aryl methyl sites for hydroxylation is 1. The van der Waals surface area contributed by atoms with Gasteiger partial charge in [-0.3, -0.25) is 9.59 Å². The molecule has 35 heavy (non-hydrogen) atoms. The molecule has 0 spiro atoms. The number of carbonyl (C=O) groups excluding carboxylic acids is 1. The zero-order chi connectivity index (χ0) is 25.3. The van der Waals surface area contributed by atoms with E-state index < -0.39 is 6.04 Å². The summed E-state index contributed by atoms with van der Waals surface area (Å²) in [5, 5.41) is 0.468. The number of hydrogen-bond donors (Lipinski definition) is 0. The van der Waals surface area contributed by atoms with Gasteiger partial charge in [0, 0.05) is 12.1 Å². The Labute approximate surface area is 205 Å². The van der Waals surface area contributed by atoms with Gasteiger partial charge in [0.25, 0.3) is 5.91 Å². The number of amides is 1. The smallest absolute Gasteiger partial charge is 0.290 e. The molecule has 8 nitrogen and oxygen atoms in total. The number of benzene rings is 2. The molecule has 1 amide bonds. The summed E-state index contributed by atoms with van der Waals surface area (Å²) in [5.74, 6) is 1.09. The van der Waals surface area contributed by atoms with E-state index in [0.29, 0.717) is 45.9 Å². The first-order valence-electron chi connectivity index (χ1n) is 11.7. The fourth-order valence-corrected chi connectivity index (χ4v) is 4.74. The van der Waals surface area contributed by atoms with Crippen molar-refractivity contribution in [2.75, 3.05) is 48.5 Å². The molecule has 8 heteroatoms. The first-order valence-corrected chi connectivity index (χ1v) is 11.7. The van der Waals surface area contributed by atoms with E-state index in [4.69, 9.17) is 18.6 Å². The van der Waals surface area contributed by atoms with Crippen LogP contribution in [0.3, 0.4) is 0 Å². The Morgan fingerprint density at radius 3 is 2.37 bits per heavy atom. The molecule has 0 fully saturated rings. The third kappa shape index (κ3) is 4.23. The van der Waals surface area contributed by atoms with Crippen LogP contribution >= 0.6 is 0 Å². The van der Waals surface area contributed by atoms with Gasteiger partial charge in [-0.25, -0.2) is 0 Å². The van der Waals surface area contributed by atoms with Gasteiger partial charge in [0.1, 0.15) is 5.58 Å². The molecule has 1 unspecified atom stereocenters. The van der Waals surface area contributed by atoms with Crippen molar-refractivity contribution in [3.8, 4) is 17.2 Å². The maximum atomic E-state index is 13.9. The van der Waals surface area contributed by atoms with Crippen LogP contribution in [0.15, 0.2) is 39.5 Å². The van der Waals surface area contributed by atoms with E-state index in [9.17, 15) is 9.59 Å². The summed E-state index contributed by atoms with van der Waals surface area (Å²) in [6.45, 7) is 3.27. The molecule has 2 heterocycles. The van der Waals surface area contributed by atoms with Gasteiger partial charge in [-0.05, 0) is 63.3 Å². The fraction of sp³-hybridized carbons (Fsp3) is 0.407. The number of methoxy groups -OCH3 is 3. The third-order valence-corrected chi connectivity index (χ3v) is 6.47. The lowest BCUT2D eigenvalue weighted by Gasteiger charge is -2.27. The zero-order valence-electron chi connectivity index (χ0n) is 21.1. The van der Waals surface area contributed by atoms with E-state index in [1.54, 1.807) is 24.1 Å². The van der Waals surface area contributed by atoms with E-state index in [1.807, 2.05) is 39.2 Å². The molecule has 186 valence electrons. The van der Waals surface area contributed by atoms with Gasteiger partial charge < -0.3 is 28.4 Å². The minimum atomic E-state index is -0.680. The van der Waals surface area contributed by atoms with Gasteiger partial charge in [-0.1, -0.05) is 13.0 Å². The zero-order valence-corrected chi connectivity index (χ0v) is 21.1. The molecule has 0 N–H and O–H groups in total. The van der Waals surface area contributed by atoms with Crippen LogP contribution < -0.4 is 19.6 Å². The highest BCUT2D eigenvalue weighted by atomic mass is 16.5. The fourth-order valence-electron chi connectivity index (χ4n) is 4.74. The van der Waals surface area contributed by atoms with Crippen molar-refractivity contribution >= 4 is 16.9 Å². The maximum Gasteiger partial charge on any atom is 0.290 e. The molecule has 0 saturated heterocycles. The average molecular weight is 481 g/mol. The van der Waals surface area contributed by atoms with E-state index in [0.717, 1.165) is 24.9 Å². The Bertz CT molecular complexity index is 1310. The lowest BCUT2D eigenvalue weighted by molar-refractivity contribution is 0.0720. The number of nitrogens with zero attached hydrogens (tertiary/aromatic N) is 2. The third-order valence-electron chi connectivity index (χ3n) is 6.47. The second-order valence-electron chi connectivity index (χ2n) is 8.84. The summed E-state index contributed by atoms with van der Waals surface area (Å²) in [6, 6.07) is 8.43. The first-order chi connectivity index (χ1) is 16.9. The van der Waals surface area contributed by atoms with Gasteiger partial charge in [-0.2, -0.15) is 0 Å². The second-order valence-corrected chi connectivity index (χ2v) is 8.84. The van der Waals surface area contributed by atoms with Crippen LogP contribution in [0.2, 0.25) is 0 Å². The summed E-state index contributed by atoms with van der Waals surface area (Å²) < 4.78 is 22.9. The van der Waals surface area contributed by atoms with Crippen molar-refractivity contribution in [3.05, 3.63) is 63.0 Å². The topological polar surface area (TPSA) is 81.5 Å². The summed E-state index contributed by atoms with van der Waals surface area (Å²) >= 11 is 0. The van der Waals surface area contributed by atoms with E-state index in [2.05, 4.69) is 4.90 Å². The monoisotopic (exact) mass is 480 g/mol. The molecular weight excluding hydrogens is 448 g/mol. The van der Waals surface area contributed by atoms with Crippen molar-refractivity contribution in [1.29, 1.82) is 0 Å². The molecule has 1 aliphatic rings. The van der Waals surface area contributed by atoms with Crippen LogP contribution in [-0.2, 0) is 6.42 Å². The number of carbonyl (C=O) groups is 1. The molecule has 0 bridgehead atoms. The molecule has 1 atom stereocenters. The Balaban J connectivity index is 1.97. The molecule has 1 aliphatic heterocycles. The normalized spacial score (nSPS) is 15.1. The van der Waals surface area contributed by atoms with E-state index >= 15 is 0 Å². The summed E-state index contributed by atoms with van der Waals surface area (Å²) in [4.78, 5) is 31.3. The Morgan fingerprint density at radius 2 is 1.74 bits per heavy atom. The van der Waals surface area contributed by atoms with Crippen molar-refractivity contribution in [2.24, 2.45) is 0 Å². The van der Waals surface area contributed by atoms with Gasteiger partial charge in [0.15, 0.2) is 16.9 Å². The first kappa shape index (κ1) is 24.6. The van der Waals surface area contributed by atoms with Crippen LogP contribution in [-0.4, -0.2) is 64.2 Å². The predicted octanol–water partition coefficient (Wildman–Crippen LogP) is 3.88. The SMILES string of the molecule is CCc1ccc2oc3c(c(=O)c2c1)C(c1ccc(OC)c(OC)c1OC)N(CCCN(C)C)C3=O. The van der Waals surface area contributed by atoms with E-state index in [-0.39, 0.29) is 17.1 Å². The highest BCUT2D eigenvalue weighted by Gasteiger charge is 2.44. The predicted molar refractivity (Wildman–Crippen MR) is 134 cm³/mol. The van der Waals surface area contributed by atoms with Crippen LogP contribution in [0.5, 0.6) is 17.2 Å². The van der Waals surface area contributed by atoms with Crippen molar-refractivity contribution in [3.63, 3.8) is 0 Å². The Kier molecular flexibility index (Phi) is 7.03. The Hall–Kier alpha value is -3.52. The van der Waals surface area contributed by atoms with Crippen LogP contribution in [0.1, 0.15) is 46.6 Å². The number of rotatable bonds is 9. The van der Waals surface area contributed by atoms with Gasteiger partial charge in [-0.15, -0.1) is 0 Å². The molecule has 2 aromatic carbocycles. The minimum absolute atomic E-state index is 0.0819. The highest BCUT2D eigenvalue weighted by Crippen LogP contribution is 2.47. The molecule has 3 aromatic rings. The van der Waals surface area contributed by atoms with Crippen molar-refractivity contribution in [2.45, 2.75) is 25.8 Å². The molecule has 0 saturated carbocycles. The lowest BCUT2D eigenvalue weighted by atomic mass is 9.96. The summed E-state index contributed by atoms with van der Waals surface area (Å²) in [5.41, 5.74) is 2.19. The van der Waals surface area contributed by atoms with Crippen LogP contribution in [0.25, 0.3) is 11.0 Å².